The van der Waals surface area contributed by atoms with Gasteiger partial charge in [-0.2, -0.15) is 0 Å². The van der Waals surface area contributed by atoms with Crippen molar-refractivity contribution in [2.45, 2.75) is 13.3 Å². The van der Waals surface area contributed by atoms with Crippen LogP contribution in [0.25, 0.3) is 0 Å². The first-order chi connectivity index (χ1) is 13.9. The van der Waals surface area contributed by atoms with Crippen molar-refractivity contribution in [1.29, 1.82) is 0 Å². The summed E-state index contributed by atoms with van der Waals surface area (Å²) in [7, 11) is 1.52. The van der Waals surface area contributed by atoms with Crippen molar-refractivity contribution in [3.8, 4) is 5.75 Å². The first-order valence-corrected chi connectivity index (χ1v) is 10.2. The van der Waals surface area contributed by atoms with E-state index in [1.54, 1.807) is 24.3 Å². The normalized spacial score (nSPS) is 13.9. The van der Waals surface area contributed by atoms with Crippen molar-refractivity contribution in [3.05, 3.63) is 52.0 Å². The monoisotopic (exact) mass is 435 g/mol. The van der Waals surface area contributed by atoms with E-state index in [0.29, 0.717) is 46.6 Å². The summed E-state index contributed by atoms with van der Waals surface area (Å²) in [6, 6.07) is 10.3. The number of piperazine rings is 1. The van der Waals surface area contributed by atoms with Gasteiger partial charge in [-0.1, -0.05) is 30.1 Å². The van der Waals surface area contributed by atoms with E-state index >= 15 is 0 Å². The highest BCUT2D eigenvalue weighted by molar-refractivity contribution is 6.34. The molecule has 1 aliphatic rings. The Morgan fingerprint density at radius 1 is 1.03 bits per heavy atom. The Morgan fingerprint density at radius 3 is 2.34 bits per heavy atom. The maximum atomic E-state index is 12.5. The van der Waals surface area contributed by atoms with Crippen LogP contribution in [0.15, 0.2) is 36.4 Å². The summed E-state index contributed by atoms with van der Waals surface area (Å²) in [5.74, 6) is 0.397. The molecule has 0 aromatic heterocycles. The van der Waals surface area contributed by atoms with Gasteiger partial charge in [-0.25, -0.2) is 0 Å². The van der Waals surface area contributed by atoms with Crippen LogP contribution in [-0.4, -0.2) is 50.0 Å². The molecule has 1 N–H and O–H groups in total. The zero-order chi connectivity index (χ0) is 21.0. The lowest BCUT2D eigenvalue weighted by atomic mass is 10.2. The SMILES string of the molecule is CCC(=O)N1CCN(c2ccc(NC(=O)c3ccc(OC)c(Cl)c3)cc2Cl)CC1. The molecule has 0 atom stereocenters. The summed E-state index contributed by atoms with van der Waals surface area (Å²) in [6.45, 7) is 4.68. The molecule has 0 radical (unpaired) electrons. The number of anilines is 2. The minimum Gasteiger partial charge on any atom is -0.495 e. The molecule has 0 unspecified atom stereocenters. The summed E-state index contributed by atoms with van der Waals surface area (Å²) in [5.41, 5.74) is 1.91. The van der Waals surface area contributed by atoms with Gasteiger partial charge in [-0.15, -0.1) is 0 Å². The maximum Gasteiger partial charge on any atom is 0.255 e. The molecule has 1 heterocycles. The standard InChI is InChI=1S/C21H23Cl2N3O3/c1-3-20(27)26-10-8-25(9-11-26)18-6-5-15(13-16(18)22)24-21(28)14-4-7-19(29-2)17(23)12-14/h4-7,12-13H,3,8-11H2,1-2H3,(H,24,28). The topological polar surface area (TPSA) is 61.9 Å². The van der Waals surface area contributed by atoms with Crippen molar-refractivity contribution < 1.29 is 14.3 Å². The van der Waals surface area contributed by atoms with Gasteiger partial charge < -0.3 is 19.9 Å². The van der Waals surface area contributed by atoms with Gasteiger partial charge in [0.2, 0.25) is 5.91 Å². The molecule has 0 aliphatic carbocycles. The molecule has 2 aromatic carbocycles. The van der Waals surface area contributed by atoms with Crippen LogP contribution in [-0.2, 0) is 4.79 Å². The predicted octanol–water partition coefficient (Wildman–Crippen LogP) is 4.31. The number of rotatable bonds is 5. The fourth-order valence-corrected chi connectivity index (χ4v) is 3.83. The molecule has 8 heteroatoms. The van der Waals surface area contributed by atoms with Gasteiger partial charge in [0.25, 0.3) is 5.91 Å². The van der Waals surface area contributed by atoms with Crippen molar-refractivity contribution in [2.75, 3.05) is 43.5 Å². The average molecular weight is 436 g/mol. The van der Waals surface area contributed by atoms with E-state index in [1.165, 1.54) is 7.11 Å². The third-order valence-electron chi connectivity index (χ3n) is 4.90. The maximum absolute atomic E-state index is 12.5. The summed E-state index contributed by atoms with van der Waals surface area (Å²) in [5, 5.41) is 3.75. The Kier molecular flexibility index (Phi) is 6.87. The molecule has 29 heavy (non-hydrogen) atoms. The smallest absolute Gasteiger partial charge is 0.255 e. The lowest BCUT2D eigenvalue weighted by molar-refractivity contribution is -0.131. The fraction of sp³-hybridized carbons (Fsp3) is 0.333. The number of benzene rings is 2. The molecule has 2 aromatic rings. The van der Waals surface area contributed by atoms with Crippen molar-refractivity contribution in [3.63, 3.8) is 0 Å². The number of carbonyl (C=O) groups excluding carboxylic acids is 2. The molecule has 6 nitrogen and oxygen atoms in total. The number of ether oxygens (including phenoxy) is 1. The second kappa shape index (κ2) is 9.37. The Hall–Kier alpha value is -2.44. The van der Waals surface area contributed by atoms with Crippen LogP contribution in [0.2, 0.25) is 10.0 Å². The van der Waals surface area contributed by atoms with E-state index < -0.39 is 0 Å². The molecule has 2 amide bonds. The van der Waals surface area contributed by atoms with Crippen LogP contribution >= 0.6 is 23.2 Å². The van der Waals surface area contributed by atoms with Gasteiger partial charge in [0.1, 0.15) is 5.75 Å². The van der Waals surface area contributed by atoms with E-state index in [0.717, 1.165) is 18.8 Å². The van der Waals surface area contributed by atoms with Crippen molar-refractivity contribution in [1.82, 2.24) is 4.90 Å². The Balaban J connectivity index is 1.66. The van der Waals surface area contributed by atoms with Crippen LogP contribution in [0.5, 0.6) is 5.75 Å². The number of hydrogen-bond donors (Lipinski definition) is 1. The molecule has 1 aliphatic heterocycles. The van der Waals surface area contributed by atoms with Crippen LogP contribution in [0.4, 0.5) is 11.4 Å². The van der Waals surface area contributed by atoms with Gasteiger partial charge in [-0.05, 0) is 36.4 Å². The molecular weight excluding hydrogens is 413 g/mol. The molecule has 0 spiro atoms. The lowest BCUT2D eigenvalue weighted by Gasteiger charge is -2.36. The number of hydrogen-bond acceptors (Lipinski definition) is 4. The number of amides is 2. The second-order valence-electron chi connectivity index (χ2n) is 6.69. The number of methoxy groups -OCH3 is 1. The number of carbonyl (C=O) groups is 2. The first-order valence-electron chi connectivity index (χ1n) is 9.40. The van der Waals surface area contributed by atoms with E-state index in [-0.39, 0.29) is 11.8 Å². The van der Waals surface area contributed by atoms with Gasteiger partial charge in [-0.3, -0.25) is 9.59 Å². The zero-order valence-corrected chi connectivity index (χ0v) is 17.9. The van der Waals surface area contributed by atoms with Crippen LogP contribution < -0.4 is 15.0 Å². The Morgan fingerprint density at radius 2 is 1.76 bits per heavy atom. The molecular formula is C21H23Cl2N3O3. The van der Waals surface area contributed by atoms with E-state index in [2.05, 4.69) is 10.2 Å². The van der Waals surface area contributed by atoms with Gasteiger partial charge in [0.15, 0.2) is 0 Å². The first kappa shape index (κ1) is 21.3. The van der Waals surface area contributed by atoms with E-state index in [1.807, 2.05) is 24.0 Å². The summed E-state index contributed by atoms with van der Waals surface area (Å²) >= 11 is 12.6. The highest BCUT2D eigenvalue weighted by Gasteiger charge is 2.21. The third-order valence-corrected chi connectivity index (χ3v) is 5.49. The lowest BCUT2D eigenvalue weighted by Crippen LogP contribution is -2.48. The summed E-state index contributed by atoms with van der Waals surface area (Å²) in [4.78, 5) is 28.3. The molecule has 1 fully saturated rings. The van der Waals surface area contributed by atoms with Crippen LogP contribution in [0.3, 0.4) is 0 Å². The molecule has 0 bridgehead atoms. The molecule has 154 valence electrons. The number of nitrogens with zero attached hydrogens (tertiary/aromatic N) is 2. The predicted molar refractivity (Wildman–Crippen MR) is 116 cm³/mol. The highest BCUT2D eigenvalue weighted by atomic mass is 35.5. The number of nitrogens with one attached hydrogen (secondary N) is 1. The largest absolute Gasteiger partial charge is 0.495 e. The molecule has 0 saturated carbocycles. The van der Waals surface area contributed by atoms with E-state index in [4.69, 9.17) is 27.9 Å². The fourth-order valence-electron chi connectivity index (χ4n) is 3.27. The van der Waals surface area contributed by atoms with Crippen molar-refractivity contribution in [2.24, 2.45) is 0 Å². The Bertz CT molecular complexity index is 912. The number of halogens is 2. The quantitative estimate of drug-likeness (QED) is 0.759. The minimum absolute atomic E-state index is 0.174. The Labute approximate surface area is 180 Å². The van der Waals surface area contributed by atoms with Crippen LogP contribution in [0, 0.1) is 0 Å². The minimum atomic E-state index is -0.287. The van der Waals surface area contributed by atoms with E-state index in [9.17, 15) is 9.59 Å². The second-order valence-corrected chi connectivity index (χ2v) is 7.51. The third kappa shape index (κ3) is 4.95. The van der Waals surface area contributed by atoms with Crippen LogP contribution in [0.1, 0.15) is 23.7 Å². The summed E-state index contributed by atoms with van der Waals surface area (Å²) in [6.07, 6.45) is 0.522. The van der Waals surface area contributed by atoms with Gasteiger partial charge in [0.05, 0.1) is 22.8 Å². The zero-order valence-electron chi connectivity index (χ0n) is 16.4. The van der Waals surface area contributed by atoms with Gasteiger partial charge >= 0.3 is 0 Å². The average Bonchev–Trinajstić information content (AvgIpc) is 2.73. The molecule has 3 rings (SSSR count). The molecule has 1 saturated heterocycles. The van der Waals surface area contributed by atoms with Gasteiger partial charge in [0, 0.05) is 43.9 Å². The highest BCUT2D eigenvalue weighted by Crippen LogP contribution is 2.30. The summed E-state index contributed by atoms with van der Waals surface area (Å²) < 4.78 is 5.10. The van der Waals surface area contributed by atoms with Crippen molar-refractivity contribution >= 4 is 46.4 Å².